The molecule has 0 aromatic rings. The average molecular weight is 259 g/mol. The third-order valence-corrected chi connectivity index (χ3v) is 2.28. The molecule has 0 bridgehead atoms. The second-order valence-corrected chi connectivity index (χ2v) is 7.32. The lowest BCUT2D eigenvalue weighted by molar-refractivity contribution is -0.0320. The molecule has 0 heterocycles. The molecule has 1 atom stereocenters. The molecule has 0 aliphatic heterocycles. The summed E-state index contributed by atoms with van der Waals surface area (Å²) in [5.74, 6) is 0.620. The first kappa shape index (κ1) is 20.2. The van der Waals surface area contributed by atoms with Crippen molar-refractivity contribution in [1.82, 2.24) is 4.90 Å². The largest absolute Gasteiger partial charge is 0.376 e. The lowest BCUT2D eigenvalue weighted by atomic mass is 9.84. The first-order valence-electron chi connectivity index (χ1n) is 7.28. The molecule has 1 unspecified atom stereocenters. The predicted molar refractivity (Wildman–Crippen MR) is 83.2 cm³/mol. The molecular weight excluding hydrogens is 222 g/mol. The Bertz CT molecular complexity index is 186. The fourth-order valence-electron chi connectivity index (χ4n) is 1.93. The topological polar surface area (TPSA) is 12.5 Å². The van der Waals surface area contributed by atoms with Crippen LogP contribution in [0.5, 0.6) is 0 Å². The fraction of sp³-hybridized carbons (Fsp3) is 1.00. The molecule has 0 aromatic heterocycles. The van der Waals surface area contributed by atoms with Gasteiger partial charge in [0.1, 0.15) is 0 Å². The fourth-order valence-corrected chi connectivity index (χ4v) is 1.93. The van der Waals surface area contributed by atoms with E-state index in [1.54, 1.807) is 0 Å². The van der Waals surface area contributed by atoms with Crippen LogP contribution >= 0.6 is 0 Å². The SMILES string of the molecule is CC.CN(C)CC(COC(C)(C)C)CC(C)(C)C. The molecule has 18 heavy (non-hydrogen) atoms. The Morgan fingerprint density at radius 1 is 0.944 bits per heavy atom. The zero-order chi connectivity index (χ0) is 15.0. The van der Waals surface area contributed by atoms with E-state index >= 15 is 0 Å². The highest BCUT2D eigenvalue weighted by molar-refractivity contribution is 4.72. The van der Waals surface area contributed by atoms with Crippen LogP contribution in [0, 0.1) is 11.3 Å². The van der Waals surface area contributed by atoms with E-state index in [1.165, 1.54) is 6.42 Å². The maximum atomic E-state index is 5.91. The molecular formula is C16H37NO. The maximum absolute atomic E-state index is 5.91. The van der Waals surface area contributed by atoms with Crippen LogP contribution in [0.15, 0.2) is 0 Å². The van der Waals surface area contributed by atoms with Gasteiger partial charge in [-0.15, -0.1) is 0 Å². The van der Waals surface area contributed by atoms with Crippen LogP contribution in [0.4, 0.5) is 0 Å². The van der Waals surface area contributed by atoms with Gasteiger partial charge in [0.2, 0.25) is 0 Å². The summed E-state index contributed by atoms with van der Waals surface area (Å²) in [6, 6.07) is 0. The van der Waals surface area contributed by atoms with Gasteiger partial charge in [0.25, 0.3) is 0 Å². The number of rotatable bonds is 5. The Labute approximate surface area is 116 Å². The summed E-state index contributed by atoms with van der Waals surface area (Å²) in [7, 11) is 4.26. The number of hydrogen-bond acceptors (Lipinski definition) is 2. The number of nitrogens with zero attached hydrogens (tertiary/aromatic N) is 1. The lowest BCUT2D eigenvalue weighted by Crippen LogP contribution is -2.32. The van der Waals surface area contributed by atoms with Crippen LogP contribution in [0.2, 0.25) is 0 Å². The van der Waals surface area contributed by atoms with Crippen molar-refractivity contribution in [1.29, 1.82) is 0 Å². The normalized spacial score (nSPS) is 14.2. The van der Waals surface area contributed by atoms with E-state index in [9.17, 15) is 0 Å². The monoisotopic (exact) mass is 259 g/mol. The van der Waals surface area contributed by atoms with E-state index < -0.39 is 0 Å². The Balaban J connectivity index is 0. The van der Waals surface area contributed by atoms with Gasteiger partial charge in [-0.1, -0.05) is 34.6 Å². The zero-order valence-corrected chi connectivity index (χ0v) is 14.6. The second kappa shape index (κ2) is 8.92. The third-order valence-electron chi connectivity index (χ3n) is 2.28. The molecule has 0 aliphatic rings. The molecule has 0 N–H and O–H groups in total. The van der Waals surface area contributed by atoms with Crippen LogP contribution in [0.3, 0.4) is 0 Å². The van der Waals surface area contributed by atoms with Gasteiger partial charge in [0.05, 0.1) is 12.2 Å². The molecule has 0 fully saturated rings. The van der Waals surface area contributed by atoms with Crippen LogP contribution in [0.1, 0.15) is 61.8 Å². The molecule has 0 saturated heterocycles. The smallest absolute Gasteiger partial charge is 0.0598 e. The van der Waals surface area contributed by atoms with Gasteiger partial charge in [-0.05, 0) is 52.6 Å². The summed E-state index contributed by atoms with van der Waals surface area (Å²) in [5.41, 5.74) is 0.352. The van der Waals surface area contributed by atoms with Crippen LogP contribution in [-0.4, -0.2) is 37.7 Å². The Kier molecular flexibility index (Phi) is 10.0. The Morgan fingerprint density at radius 2 is 1.39 bits per heavy atom. The molecule has 0 aromatic carbocycles. The summed E-state index contributed by atoms with van der Waals surface area (Å²) >= 11 is 0. The highest BCUT2D eigenvalue weighted by Gasteiger charge is 2.21. The third kappa shape index (κ3) is 15.9. The van der Waals surface area contributed by atoms with Crippen molar-refractivity contribution >= 4 is 0 Å². The summed E-state index contributed by atoms with van der Waals surface area (Å²) < 4.78 is 5.91. The van der Waals surface area contributed by atoms with E-state index in [2.05, 4.69) is 60.5 Å². The molecule has 0 saturated carbocycles. The summed E-state index contributed by atoms with van der Waals surface area (Å²) in [5, 5.41) is 0. The van der Waals surface area contributed by atoms with Crippen molar-refractivity contribution in [3.8, 4) is 0 Å². The van der Waals surface area contributed by atoms with Gasteiger partial charge >= 0.3 is 0 Å². The van der Waals surface area contributed by atoms with Gasteiger partial charge in [-0.3, -0.25) is 0 Å². The van der Waals surface area contributed by atoms with Crippen molar-refractivity contribution in [2.24, 2.45) is 11.3 Å². The van der Waals surface area contributed by atoms with Gasteiger partial charge in [0, 0.05) is 6.54 Å². The Hall–Kier alpha value is -0.0800. The van der Waals surface area contributed by atoms with E-state index in [4.69, 9.17) is 4.74 Å². The summed E-state index contributed by atoms with van der Waals surface area (Å²) in [6.45, 7) is 19.2. The number of hydrogen-bond donors (Lipinski definition) is 0. The van der Waals surface area contributed by atoms with Crippen LogP contribution in [0.25, 0.3) is 0 Å². The summed E-state index contributed by atoms with van der Waals surface area (Å²) in [6.07, 6.45) is 1.21. The molecule has 0 spiro atoms. The van der Waals surface area contributed by atoms with Gasteiger partial charge in [-0.25, -0.2) is 0 Å². The minimum atomic E-state index is -0.0254. The van der Waals surface area contributed by atoms with Gasteiger partial charge in [0.15, 0.2) is 0 Å². The molecule has 0 rings (SSSR count). The van der Waals surface area contributed by atoms with E-state index in [0.717, 1.165) is 13.2 Å². The molecule has 2 nitrogen and oxygen atoms in total. The second-order valence-electron chi connectivity index (χ2n) is 7.32. The van der Waals surface area contributed by atoms with Gasteiger partial charge in [-0.2, -0.15) is 0 Å². The van der Waals surface area contributed by atoms with Crippen molar-refractivity contribution in [3.05, 3.63) is 0 Å². The Morgan fingerprint density at radius 3 is 1.67 bits per heavy atom. The summed E-state index contributed by atoms with van der Waals surface area (Å²) in [4.78, 5) is 2.25. The molecule has 0 amide bonds. The highest BCUT2D eigenvalue weighted by Crippen LogP contribution is 2.26. The maximum Gasteiger partial charge on any atom is 0.0598 e. The highest BCUT2D eigenvalue weighted by atomic mass is 16.5. The average Bonchev–Trinajstić information content (AvgIpc) is 2.13. The van der Waals surface area contributed by atoms with Crippen LogP contribution in [-0.2, 0) is 4.74 Å². The van der Waals surface area contributed by atoms with Crippen molar-refractivity contribution in [2.75, 3.05) is 27.2 Å². The molecule has 112 valence electrons. The van der Waals surface area contributed by atoms with Crippen LogP contribution < -0.4 is 0 Å². The quantitative estimate of drug-likeness (QED) is 0.723. The molecule has 0 aliphatic carbocycles. The van der Waals surface area contributed by atoms with Gasteiger partial charge < -0.3 is 9.64 Å². The minimum absolute atomic E-state index is 0.0254. The van der Waals surface area contributed by atoms with E-state index in [1.807, 2.05) is 13.8 Å². The van der Waals surface area contributed by atoms with E-state index in [0.29, 0.717) is 11.3 Å². The predicted octanol–water partition coefficient (Wildman–Crippen LogP) is 4.44. The molecule has 0 radical (unpaired) electrons. The first-order valence-corrected chi connectivity index (χ1v) is 7.28. The lowest BCUT2D eigenvalue weighted by Gasteiger charge is -2.30. The minimum Gasteiger partial charge on any atom is -0.376 e. The zero-order valence-electron chi connectivity index (χ0n) is 14.6. The standard InChI is InChI=1S/C14H31NO.C2H6/c1-13(2,3)9-12(10-15(7)8)11-16-14(4,5)6;1-2/h12H,9-11H2,1-8H3;1-2H3. The van der Waals surface area contributed by atoms with Crippen molar-refractivity contribution < 1.29 is 4.74 Å². The van der Waals surface area contributed by atoms with Crippen molar-refractivity contribution in [3.63, 3.8) is 0 Å². The van der Waals surface area contributed by atoms with Crippen molar-refractivity contribution in [2.45, 2.75) is 67.4 Å². The van der Waals surface area contributed by atoms with E-state index in [-0.39, 0.29) is 5.60 Å². The number of ether oxygens (including phenoxy) is 1. The molecule has 2 heteroatoms. The first-order chi connectivity index (χ1) is 7.99.